The number of urea groups is 1. The summed E-state index contributed by atoms with van der Waals surface area (Å²) in [6, 6.07) is 1.72. The number of halogens is 3. The summed E-state index contributed by atoms with van der Waals surface area (Å²) in [4.78, 5) is 22.8. The van der Waals surface area contributed by atoms with E-state index in [1.54, 1.807) is 12.1 Å². The van der Waals surface area contributed by atoms with Crippen LogP contribution >= 0.6 is 39.1 Å². The van der Waals surface area contributed by atoms with Crippen molar-refractivity contribution in [3.05, 3.63) is 26.7 Å². The van der Waals surface area contributed by atoms with E-state index < -0.39 is 18.0 Å². The van der Waals surface area contributed by atoms with Crippen LogP contribution in [0.5, 0.6) is 0 Å². The quantitative estimate of drug-likeness (QED) is 0.695. The molecule has 0 bridgehead atoms. The van der Waals surface area contributed by atoms with Gasteiger partial charge < -0.3 is 15.7 Å². The van der Waals surface area contributed by atoms with Crippen molar-refractivity contribution >= 4 is 56.8 Å². The number of amides is 2. The van der Waals surface area contributed by atoms with Crippen molar-refractivity contribution in [1.29, 1.82) is 0 Å². The van der Waals surface area contributed by atoms with Crippen LogP contribution in [-0.2, 0) is 4.79 Å². The molecule has 1 unspecified atom stereocenters. The van der Waals surface area contributed by atoms with Crippen LogP contribution in [0.4, 0.5) is 10.5 Å². The summed E-state index contributed by atoms with van der Waals surface area (Å²) in [5.41, 5.74) is 0.317. The highest BCUT2D eigenvalue weighted by Gasteiger charge is 2.37. The second-order valence-corrected chi connectivity index (χ2v) is 6.08. The highest BCUT2D eigenvalue weighted by molar-refractivity contribution is 9.10. The molecule has 108 valence electrons. The highest BCUT2D eigenvalue weighted by Crippen LogP contribution is 2.36. The average Bonchev–Trinajstić information content (AvgIpc) is 3.21. The van der Waals surface area contributed by atoms with Crippen molar-refractivity contribution in [3.63, 3.8) is 0 Å². The van der Waals surface area contributed by atoms with Crippen molar-refractivity contribution in [2.24, 2.45) is 5.92 Å². The Morgan fingerprint density at radius 2 is 1.95 bits per heavy atom. The average molecular weight is 382 g/mol. The van der Waals surface area contributed by atoms with Gasteiger partial charge in [-0.15, -0.1) is 0 Å². The molecule has 1 aliphatic carbocycles. The van der Waals surface area contributed by atoms with E-state index in [2.05, 4.69) is 26.6 Å². The van der Waals surface area contributed by atoms with Gasteiger partial charge in [-0.3, -0.25) is 0 Å². The molecule has 0 spiro atoms. The highest BCUT2D eigenvalue weighted by atomic mass is 79.9. The van der Waals surface area contributed by atoms with E-state index in [1.807, 2.05) is 0 Å². The van der Waals surface area contributed by atoms with Gasteiger partial charge in [-0.1, -0.05) is 23.2 Å². The molecule has 0 saturated heterocycles. The van der Waals surface area contributed by atoms with E-state index in [4.69, 9.17) is 28.3 Å². The molecule has 0 heterocycles. The molecule has 1 aliphatic rings. The van der Waals surface area contributed by atoms with Gasteiger partial charge >= 0.3 is 12.0 Å². The fourth-order valence-electron chi connectivity index (χ4n) is 1.73. The summed E-state index contributed by atoms with van der Waals surface area (Å²) in [6.45, 7) is 0. The minimum absolute atomic E-state index is 0.00206. The zero-order chi connectivity index (χ0) is 14.9. The topological polar surface area (TPSA) is 78.4 Å². The maximum atomic E-state index is 11.8. The summed E-state index contributed by atoms with van der Waals surface area (Å²) in [5, 5.41) is 14.4. The van der Waals surface area contributed by atoms with Gasteiger partial charge in [0.2, 0.25) is 0 Å². The Labute approximate surface area is 133 Å². The molecule has 2 rings (SSSR count). The fraction of sp³-hybridized carbons (Fsp3) is 0.333. The van der Waals surface area contributed by atoms with Crippen LogP contribution in [0, 0.1) is 5.92 Å². The smallest absolute Gasteiger partial charge is 0.326 e. The largest absolute Gasteiger partial charge is 0.480 e. The van der Waals surface area contributed by atoms with Gasteiger partial charge in [-0.2, -0.15) is 0 Å². The van der Waals surface area contributed by atoms with E-state index in [1.165, 1.54) is 0 Å². The number of carboxylic acid groups (broad SMARTS) is 1. The van der Waals surface area contributed by atoms with Gasteiger partial charge in [0.1, 0.15) is 6.04 Å². The molecule has 1 atom stereocenters. The molecule has 3 N–H and O–H groups in total. The summed E-state index contributed by atoms with van der Waals surface area (Å²) in [5.74, 6) is -1.04. The molecule has 1 fully saturated rings. The van der Waals surface area contributed by atoms with Gasteiger partial charge in [0.25, 0.3) is 0 Å². The van der Waals surface area contributed by atoms with Gasteiger partial charge in [-0.25, -0.2) is 9.59 Å². The Morgan fingerprint density at radius 1 is 1.30 bits per heavy atom. The first kappa shape index (κ1) is 15.4. The number of carbonyl (C=O) groups excluding carboxylic acids is 1. The number of hydrogen-bond donors (Lipinski definition) is 3. The lowest BCUT2D eigenvalue weighted by molar-refractivity contribution is -0.139. The van der Waals surface area contributed by atoms with E-state index >= 15 is 0 Å². The van der Waals surface area contributed by atoms with Crippen molar-refractivity contribution in [2.45, 2.75) is 18.9 Å². The van der Waals surface area contributed by atoms with Crippen molar-refractivity contribution in [3.8, 4) is 0 Å². The molecule has 2 amide bonds. The molecule has 0 aliphatic heterocycles. The first-order valence-electron chi connectivity index (χ1n) is 5.84. The summed E-state index contributed by atoms with van der Waals surface area (Å²) < 4.78 is 0.608. The number of nitrogens with one attached hydrogen (secondary N) is 2. The van der Waals surface area contributed by atoms with Crippen LogP contribution in [0.3, 0.4) is 0 Å². The maximum Gasteiger partial charge on any atom is 0.326 e. The first-order valence-corrected chi connectivity index (χ1v) is 7.39. The van der Waals surface area contributed by atoms with Crippen molar-refractivity contribution in [2.75, 3.05) is 5.32 Å². The third-order valence-corrected chi connectivity index (χ3v) is 4.70. The minimum atomic E-state index is -1.04. The van der Waals surface area contributed by atoms with Crippen molar-refractivity contribution in [1.82, 2.24) is 5.32 Å². The second-order valence-electron chi connectivity index (χ2n) is 4.47. The SMILES string of the molecule is O=C(Nc1ccc(Br)c(Cl)c1Cl)NC(C(=O)O)C1CC1. The molecule has 1 aromatic rings. The minimum Gasteiger partial charge on any atom is -0.480 e. The second kappa shape index (κ2) is 6.20. The Kier molecular flexibility index (Phi) is 4.78. The number of rotatable bonds is 4. The molecule has 1 aromatic carbocycles. The van der Waals surface area contributed by atoms with Crippen LogP contribution in [0.15, 0.2) is 16.6 Å². The van der Waals surface area contributed by atoms with E-state index in [0.717, 1.165) is 12.8 Å². The lowest BCUT2D eigenvalue weighted by atomic mass is 10.2. The van der Waals surface area contributed by atoms with Crippen LogP contribution < -0.4 is 10.6 Å². The number of aliphatic carboxylic acids is 1. The van der Waals surface area contributed by atoms with Gasteiger partial charge in [-0.05, 0) is 46.8 Å². The third-order valence-electron chi connectivity index (χ3n) is 2.93. The van der Waals surface area contributed by atoms with Gasteiger partial charge in [0, 0.05) is 4.47 Å². The van der Waals surface area contributed by atoms with Crippen LogP contribution in [0.2, 0.25) is 10.0 Å². The third kappa shape index (κ3) is 3.56. The number of hydrogen-bond acceptors (Lipinski definition) is 2. The van der Waals surface area contributed by atoms with Gasteiger partial charge in [0.15, 0.2) is 0 Å². The summed E-state index contributed by atoms with van der Waals surface area (Å²) in [6.07, 6.45) is 1.62. The van der Waals surface area contributed by atoms with Crippen molar-refractivity contribution < 1.29 is 14.7 Å². The zero-order valence-corrected chi connectivity index (χ0v) is 13.2. The van der Waals surface area contributed by atoms with Crippen LogP contribution in [-0.4, -0.2) is 23.1 Å². The Balaban J connectivity index is 2.04. The molecule has 8 heteroatoms. The Morgan fingerprint density at radius 3 is 2.50 bits per heavy atom. The Bertz CT molecular complexity index is 564. The normalized spacial score (nSPS) is 15.6. The molecule has 20 heavy (non-hydrogen) atoms. The van der Waals surface area contributed by atoms with Crippen LogP contribution in [0.1, 0.15) is 12.8 Å². The predicted octanol–water partition coefficient (Wildman–Crippen LogP) is 3.74. The summed E-state index contributed by atoms with van der Waals surface area (Å²) >= 11 is 15.1. The molecule has 0 aromatic heterocycles. The van der Waals surface area contributed by atoms with E-state index in [0.29, 0.717) is 10.2 Å². The van der Waals surface area contributed by atoms with E-state index in [9.17, 15) is 9.59 Å². The molecular weight excluding hydrogens is 371 g/mol. The van der Waals surface area contributed by atoms with Crippen LogP contribution in [0.25, 0.3) is 0 Å². The number of benzene rings is 1. The zero-order valence-electron chi connectivity index (χ0n) is 10.1. The lowest BCUT2D eigenvalue weighted by Gasteiger charge is -2.15. The molecule has 5 nitrogen and oxygen atoms in total. The Hall–Kier alpha value is -0.980. The number of anilines is 1. The molecule has 1 saturated carbocycles. The predicted molar refractivity (Wildman–Crippen MR) is 80.5 cm³/mol. The number of carboxylic acids is 1. The van der Waals surface area contributed by atoms with Gasteiger partial charge in [0.05, 0.1) is 15.7 Å². The van der Waals surface area contributed by atoms with E-state index in [-0.39, 0.29) is 16.0 Å². The molecular formula is C12H11BrCl2N2O3. The number of carbonyl (C=O) groups is 2. The fourth-order valence-corrected chi connectivity index (χ4v) is 2.55. The summed E-state index contributed by atoms with van der Waals surface area (Å²) in [7, 11) is 0. The molecule has 0 radical (unpaired) electrons. The first-order chi connectivity index (χ1) is 9.40. The lowest BCUT2D eigenvalue weighted by Crippen LogP contribution is -2.44. The maximum absolute atomic E-state index is 11.8. The standard InChI is InChI=1S/C12H11BrCl2N2O3/c13-6-3-4-7(9(15)8(6)14)16-12(20)17-10(11(18)19)5-1-2-5/h3-5,10H,1-2H2,(H,18,19)(H2,16,17,20). The monoisotopic (exact) mass is 380 g/mol.